The Hall–Kier alpha value is -2.82. The Kier molecular flexibility index (Phi) is 8.71. The summed E-state index contributed by atoms with van der Waals surface area (Å²) in [5.41, 5.74) is 1.83. The maximum atomic E-state index is 5.36. The average molecular weight is 508 g/mol. The molecular weight excluding hydrogens is 483 g/mol. The number of anilines is 1. The lowest BCUT2D eigenvalue weighted by Gasteiger charge is -2.14. The first kappa shape index (κ1) is 22.5. The number of methoxy groups -OCH3 is 2. The molecule has 3 aromatic rings. The summed E-state index contributed by atoms with van der Waals surface area (Å²) >= 11 is 0. The molecule has 0 aliphatic rings. The molecule has 0 saturated heterocycles. The molecule has 0 spiro atoms. The first-order valence-electron chi connectivity index (χ1n) is 8.96. The van der Waals surface area contributed by atoms with E-state index in [0.29, 0.717) is 24.0 Å². The molecule has 8 nitrogen and oxygen atoms in total. The maximum absolute atomic E-state index is 5.36. The van der Waals surface area contributed by atoms with E-state index in [1.54, 1.807) is 20.5 Å². The number of ether oxygens (including phenoxy) is 2. The smallest absolute Gasteiger partial charge is 0.196 e. The predicted molar refractivity (Wildman–Crippen MR) is 125 cm³/mol. The van der Waals surface area contributed by atoms with E-state index in [4.69, 9.17) is 9.47 Å². The molecule has 0 aliphatic heterocycles. The molecule has 9 heteroatoms. The van der Waals surface area contributed by atoms with Gasteiger partial charge < -0.3 is 20.1 Å². The Morgan fingerprint density at radius 2 is 1.83 bits per heavy atom. The zero-order chi connectivity index (χ0) is 19.8. The summed E-state index contributed by atoms with van der Waals surface area (Å²) in [7, 11) is 3.22. The summed E-state index contributed by atoms with van der Waals surface area (Å²) in [5, 5.41) is 14.7. The van der Waals surface area contributed by atoms with E-state index in [0.717, 1.165) is 23.7 Å². The van der Waals surface area contributed by atoms with E-state index in [9.17, 15) is 0 Å². The van der Waals surface area contributed by atoms with Gasteiger partial charge in [0.15, 0.2) is 23.3 Å². The van der Waals surface area contributed by atoms with Crippen LogP contribution in [0.1, 0.15) is 12.7 Å². The van der Waals surface area contributed by atoms with Crippen molar-refractivity contribution in [3.8, 4) is 17.2 Å². The fourth-order valence-corrected chi connectivity index (χ4v) is 2.68. The highest BCUT2D eigenvalue weighted by Crippen LogP contribution is 2.29. The van der Waals surface area contributed by atoms with Crippen molar-refractivity contribution in [2.24, 2.45) is 4.99 Å². The summed E-state index contributed by atoms with van der Waals surface area (Å²) < 4.78 is 12.6. The zero-order valence-electron chi connectivity index (χ0n) is 16.6. The van der Waals surface area contributed by atoms with Crippen molar-refractivity contribution in [1.29, 1.82) is 0 Å². The third-order valence-corrected chi connectivity index (χ3v) is 4.02. The van der Waals surface area contributed by atoms with Gasteiger partial charge in [-0.05, 0) is 31.2 Å². The number of nitrogens with zero attached hydrogens (tertiary/aromatic N) is 4. The number of halogens is 1. The fraction of sp³-hybridized carbons (Fsp3) is 0.250. The van der Waals surface area contributed by atoms with Crippen molar-refractivity contribution < 1.29 is 9.47 Å². The molecule has 0 radical (unpaired) electrons. The van der Waals surface area contributed by atoms with Gasteiger partial charge in [-0.15, -0.1) is 34.2 Å². The molecule has 0 saturated carbocycles. The van der Waals surface area contributed by atoms with Crippen LogP contribution in [0.5, 0.6) is 11.5 Å². The highest BCUT2D eigenvalue weighted by Gasteiger charge is 2.08. The van der Waals surface area contributed by atoms with Gasteiger partial charge in [-0.2, -0.15) is 0 Å². The van der Waals surface area contributed by atoms with Crippen LogP contribution >= 0.6 is 24.0 Å². The number of rotatable bonds is 7. The monoisotopic (exact) mass is 508 g/mol. The number of aromatic nitrogens is 3. The number of nitrogens with one attached hydrogen (secondary N) is 2. The van der Waals surface area contributed by atoms with Gasteiger partial charge in [0.2, 0.25) is 0 Å². The average Bonchev–Trinajstić information content (AvgIpc) is 3.21. The second kappa shape index (κ2) is 11.2. The molecule has 0 fully saturated rings. The Labute approximate surface area is 187 Å². The first-order chi connectivity index (χ1) is 13.7. The van der Waals surface area contributed by atoms with Gasteiger partial charge in [-0.25, -0.2) is 4.99 Å². The molecule has 154 valence electrons. The molecule has 0 bridgehead atoms. The van der Waals surface area contributed by atoms with Crippen LogP contribution in [0.4, 0.5) is 5.69 Å². The first-order valence-corrected chi connectivity index (χ1v) is 8.96. The lowest BCUT2D eigenvalue weighted by Crippen LogP contribution is -2.30. The van der Waals surface area contributed by atoms with Crippen molar-refractivity contribution in [2.75, 3.05) is 26.1 Å². The minimum atomic E-state index is 0. The lowest BCUT2D eigenvalue weighted by molar-refractivity contribution is 0.355. The molecule has 1 heterocycles. The second-order valence-electron chi connectivity index (χ2n) is 5.84. The zero-order valence-corrected chi connectivity index (χ0v) is 19.0. The molecule has 0 atom stereocenters. The minimum absolute atomic E-state index is 0. The van der Waals surface area contributed by atoms with Crippen LogP contribution in [0.2, 0.25) is 0 Å². The van der Waals surface area contributed by atoms with Crippen molar-refractivity contribution >= 4 is 35.6 Å². The molecular formula is C20H25IN6O2. The summed E-state index contributed by atoms with van der Waals surface area (Å²) in [6, 6.07) is 15.5. The van der Waals surface area contributed by atoms with Gasteiger partial charge >= 0.3 is 0 Å². The van der Waals surface area contributed by atoms with Gasteiger partial charge in [0.1, 0.15) is 12.9 Å². The van der Waals surface area contributed by atoms with Crippen molar-refractivity contribution in [1.82, 2.24) is 20.1 Å². The predicted octanol–water partition coefficient (Wildman–Crippen LogP) is 3.48. The van der Waals surface area contributed by atoms with E-state index in [1.165, 1.54) is 0 Å². The third-order valence-electron chi connectivity index (χ3n) is 4.02. The Morgan fingerprint density at radius 1 is 1.07 bits per heavy atom. The molecule has 0 aliphatic carbocycles. The number of para-hydroxylation sites is 1. The standard InChI is InChI=1S/C20H24N6O2.HI/c1-4-21-20(24-15-10-11-17(27-2)18(12-15)28-3)22-13-19-25-23-14-26(19)16-8-6-5-7-9-16;/h5-12,14H,4,13H2,1-3H3,(H2,21,22,24);1H. The highest BCUT2D eigenvalue weighted by atomic mass is 127. The molecule has 0 amide bonds. The molecule has 2 aromatic carbocycles. The fourth-order valence-electron chi connectivity index (χ4n) is 2.68. The summed E-state index contributed by atoms with van der Waals surface area (Å²) in [6.07, 6.45) is 1.69. The van der Waals surface area contributed by atoms with Gasteiger partial charge in [0, 0.05) is 24.0 Å². The van der Waals surface area contributed by atoms with Crippen LogP contribution in [0.25, 0.3) is 5.69 Å². The maximum Gasteiger partial charge on any atom is 0.196 e. The highest BCUT2D eigenvalue weighted by molar-refractivity contribution is 14.0. The largest absolute Gasteiger partial charge is 0.493 e. The quantitative estimate of drug-likeness (QED) is 0.289. The van der Waals surface area contributed by atoms with Crippen molar-refractivity contribution in [3.63, 3.8) is 0 Å². The topological polar surface area (TPSA) is 85.6 Å². The van der Waals surface area contributed by atoms with E-state index < -0.39 is 0 Å². The molecule has 3 rings (SSSR count). The Morgan fingerprint density at radius 3 is 2.52 bits per heavy atom. The summed E-state index contributed by atoms with van der Waals surface area (Å²) in [4.78, 5) is 4.63. The van der Waals surface area contributed by atoms with Gasteiger partial charge in [0.05, 0.1) is 14.2 Å². The van der Waals surface area contributed by atoms with Gasteiger partial charge in [0.25, 0.3) is 0 Å². The van der Waals surface area contributed by atoms with E-state index in [2.05, 4.69) is 25.8 Å². The second-order valence-corrected chi connectivity index (χ2v) is 5.84. The van der Waals surface area contributed by atoms with Gasteiger partial charge in [-0.1, -0.05) is 18.2 Å². The van der Waals surface area contributed by atoms with Crippen molar-refractivity contribution in [2.45, 2.75) is 13.5 Å². The van der Waals surface area contributed by atoms with E-state index >= 15 is 0 Å². The summed E-state index contributed by atoms with van der Waals surface area (Å²) in [6.45, 7) is 3.11. The molecule has 2 N–H and O–H groups in total. The van der Waals surface area contributed by atoms with Crippen molar-refractivity contribution in [3.05, 3.63) is 60.7 Å². The van der Waals surface area contributed by atoms with Crippen LogP contribution in [0, 0.1) is 0 Å². The molecule has 1 aromatic heterocycles. The molecule has 0 unspecified atom stereocenters. The number of benzene rings is 2. The normalized spacial score (nSPS) is 10.8. The third kappa shape index (κ3) is 5.83. The van der Waals surface area contributed by atoms with E-state index in [-0.39, 0.29) is 24.0 Å². The SMILES string of the molecule is CCNC(=NCc1nncn1-c1ccccc1)Nc1ccc(OC)c(OC)c1.I. The van der Waals surface area contributed by atoms with E-state index in [1.807, 2.05) is 60.0 Å². The summed E-state index contributed by atoms with van der Waals surface area (Å²) in [5.74, 6) is 2.70. The Bertz CT molecular complexity index is 930. The van der Waals surface area contributed by atoms with Gasteiger partial charge in [-0.3, -0.25) is 4.57 Å². The number of guanidine groups is 1. The van der Waals surface area contributed by atoms with Crippen LogP contribution in [-0.2, 0) is 6.54 Å². The van der Waals surface area contributed by atoms with Crippen LogP contribution in [0.15, 0.2) is 59.9 Å². The number of hydrogen-bond donors (Lipinski definition) is 2. The lowest BCUT2D eigenvalue weighted by atomic mass is 10.3. The van der Waals surface area contributed by atoms with Crippen LogP contribution < -0.4 is 20.1 Å². The Balaban J connectivity index is 0.00000300. The number of hydrogen-bond acceptors (Lipinski definition) is 5. The van der Waals surface area contributed by atoms with Crippen LogP contribution in [-0.4, -0.2) is 41.5 Å². The van der Waals surface area contributed by atoms with Crippen LogP contribution in [0.3, 0.4) is 0 Å². The minimum Gasteiger partial charge on any atom is -0.493 e. The number of aliphatic imine (C=N–C) groups is 1. The molecule has 29 heavy (non-hydrogen) atoms.